The van der Waals surface area contributed by atoms with Gasteiger partial charge >= 0.3 is 10.8 Å². The number of esters is 1. The van der Waals surface area contributed by atoms with Crippen LogP contribution < -0.4 is 4.87 Å². The lowest BCUT2D eigenvalue weighted by Crippen LogP contribution is -2.44. The lowest BCUT2D eigenvalue weighted by Gasteiger charge is -2.30. The van der Waals surface area contributed by atoms with E-state index in [2.05, 4.69) is 11.8 Å². The van der Waals surface area contributed by atoms with Crippen molar-refractivity contribution >= 4 is 23.2 Å². The summed E-state index contributed by atoms with van der Waals surface area (Å²) in [5, 5.41) is 1.81. The fourth-order valence-electron chi connectivity index (χ4n) is 3.59. The Kier molecular flexibility index (Phi) is 8.50. The topological polar surface area (TPSA) is 71.8 Å². The second-order valence-electron chi connectivity index (χ2n) is 6.86. The molecule has 0 saturated carbocycles. The van der Waals surface area contributed by atoms with Crippen molar-refractivity contribution in [3.05, 3.63) is 20.7 Å². The minimum Gasteiger partial charge on any atom is -0.466 e. The van der Waals surface area contributed by atoms with Crippen molar-refractivity contribution in [1.82, 2.24) is 14.4 Å². The first-order valence-corrected chi connectivity index (χ1v) is 10.7. The fourth-order valence-corrected chi connectivity index (χ4v) is 4.35. The van der Waals surface area contributed by atoms with Crippen molar-refractivity contribution in [2.45, 2.75) is 59.0 Å². The highest BCUT2D eigenvalue weighted by Crippen LogP contribution is 2.18. The Morgan fingerprint density at radius 3 is 2.74 bits per heavy atom. The van der Waals surface area contributed by atoms with E-state index >= 15 is 0 Å². The summed E-state index contributed by atoms with van der Waals surface area (Å²) >= 11 is 1.15. The Morgan fingerprint density at radius 1 is 1.33 bits per heavy atom. The van der Waals surface area contributed by atoms with Crippen LogP contribution in [0.15, 0.2) is 10.2 Å². The number of aromatic nitrogens is 1. The predicted octanol–water partition coefficient (Wildman–Crippen LogP) is 1.87. The number of rotatable bonds is 10. The molecule has 0 bridgehead atoms. The van der Waals surface area contributed by atoms with Crippen LogP contribution in [0, 0.1) is 6.92 Å². The van der Waals surface area contributed by atoms with Crippen LogP contribution in [0.3, 0.4) is 0 Å². The average molecular weight is 398 g/mol. The molecule has 1 aromatic heterocycles. The summed E-state index contributed by atoms with van der Waals surface area (Å²) in [6.07, 6.45) is 2.68. The molecule has 0 aliphatic carbocycles. The largest absolute Gasteiger partial charge is 0.466 e. The van der Waals surface area contributed by atoms with Gasteiger partial charge in [-0.1, -0.05) is 18.3 Å². The number of hydrogen-bond acceptors (Lipinski definition) is 6. The average Bonchev–Trinajstić information content (AvgIpc) is 3.23. The molecule has 1 aliphatic heterocycles. The van der Waals surface area contributed by atoms with Crippen LogP contribution in [0.1, 0.15) is 45.2 Å². The molecule has 1 aliphatic rings. The van der Waals surface area contributed by atoms with Crippen LogP contribution in [-0.2, 0) is 20.9 Å². The van der Waals surface area contributed by atoms with Crippen molar-refractivity contribution < 1.29 is 14.3 Å². The zero-order valence-electron chi connectivity index (χ0n) is 16.6. The number of hydrogen-bond donors (Lipinski definition) is 0. The molecular weight excluding hydrogens is 366 g/mol. The molecule has 0 radical (unpaired) electrons. The number of thiazole rings is 1. The third-order valence-electron chi connectivity index (χ3n) is 5.11. The van der Waals surface area contributed by atoms with Gasteiger partial charge in [0.1, 0.15) is 0 Å². The lowest BCUT2D eigenvalue weighted by molar-refractivity contribution is -0.144. The van der Waals surface area contributed by atoms with Crippen molar-refractivity contribution in [1.29, 1.82) is 0 Å². The van der Waals surface area contributed by atoms with E-state index in [-0.39, 0.29) is 29.6 Å². The molecule has 1 fully saturated rings. The molecule has 0 spiro atoms. The van der Waals surface area contributed by atoms with Gasteiger partial charge in [-0.3, -0.25) is 19.3 Å². The quantitative estimate of drug-likeness (QED) is 0.564. The van der Waals surface area contributed by atoms with Gasteiger partial charge in [0, 0.05) is 43.2 Å². The highest BCUT2D eigenvalue weighted by atomic mass is 32.1. The second-order valence-corrected chi connectivity index (χ2v) is 7.68. The maximum Gasteiger partial charge on any atom is 0.307 e. The highest BCUT2D eigenvalue weighted by molar-refractivity contribution is 7.07. The number of carbonyl (C=O) groups excluding carboxylic acids is 2. The van der Waals surface area contributed by atoms with E-state index < -0.39 is 0 Å². The third kappa shape index (κ3) is 6.17. The number of carbonyl (C=O) groups is 2. The van der Waals surface area contributed by atoms with Crippen molar-refractivity contribution in [3.63, 3.8) is 0 Å². The molecule has 152 valence electrons. The van der Waals surface area contributed by atoms with Crippen LogP contribution >= 0.6 is 11.3 Å². The van der Waals surface area contributed by atoms with E-state index in [0.717, 1.165) is 43.0 Å². The summed E-state index contributed by atoms with van der Waals surface area (Å²) in [6.45, 7) is 9.53. The van der Waals surface area contributed by atoms with Crippen LogP contribution in [0.5, 0.6) is 0 Å². The Morgan fingerprint density at radius 2 is 2.11 bits per heavy atom. The molecule has 7 nitrogen and oxygen atoms in total. The minimum atomic E-state index is -0.279. The van der Waals surface area contributed by atoms with E-state index in [4.69, 9.17) is 4.74 Å². The van der Waals surface area contributed by atoms with Gasteiger partial charge in [-0.2, -0.15) is 0 Å². The lowest BCUT2D eigenvalue weighted by atomic mass is 10.2. The zero-order chi connectivity index (χ0) is 19.8. The summed E-state index contributed by atoms with van der Waals surface area (Å²) in [6, 6.07) is 0.340. The normalized spacial score (nSPS) is 17.2. The van der Waals surface area contributed by atoms with Crippen LogP contribution in [-0.4, -0.2) is 65.1 Å². The van der Waals surface area contributed by atoms with Crippen molar-refractivity contribution in [2.75, 3.05) is 32.8 Å². The van der Waals surface area contributed by atoms with Crippen LogP contribution in [0.25, 0.3) is 0 Å². The number of ether oxygens (including phenoxy) is 1. The summed E-state index contributed by atoms with van der Waals surface area (Å²) in [5.74, 6) is -0.293. The molecule has 2 rings (SSSR count). The van der Waals surface area contributed by atoms with E-state index in [1.54, 1.807) is 16.4 Å². The monoisotopic (exact) mass is 397 g/mol. The summed E-state index contributed by atoms with van der Waals surface area (Å²) < 4.78 is 6.64. The number of nitrogens with zero attached hydrogens (tertiary/aromatic N) is 3. The minimum absolute atomic E-state index is 0.0141. The smallest absolute Gasteiger partial charge is 0.307 e. The molecule has 1 unspecified atom stereocenters. The Bertz CT molecular complexity index is 685. The summed E-state index contributed by atoms with van der Waals surface area (Å²) in [4.78, 5) is 40.6. The van der Waals surface area contributed by atoms with E-state index in [1.807, 2.05) is 12.3 Å². The van der Waals surface area contributed by atoms with E-state index in [0.29, 0.717) is 32.3 Å². The van der Waals surface area contributed by atoms with Gasteiger partial charge < -0.3 is 14.2 Å². The molecule has 27 heavy (non-hydrogen) atoms. The van der Waals surface area contributed by atoms with Gasteiger partial charge in [0.15, 0.2) is 0 Å². The van der Waals surface area contributed by atoms with Gasteiger partial charge in [0.05, 0.1) is 13.0 Å². The van der Waals surface area contributed by atoms with Gasteiger partial charge in [-0.15, -0.1) is 0 Å². The standard InChI is InChI=1S/C19H31N3O4S/c1-4-20-10-6-7-16(20)13-21(11-9-18(24)26-5-2)17(23)8-12-22-15(3)14-27-19(22)25/h14,16H,4-13H2,1-3H3. The summed E-state index contributed by atoms with van der Waals surface area (Å²) in [5.41, 5.74) is 0.879. The first-order valence-electron chi connectivity index (χ1n) is 9.78. The number of aryl methyl sites for hydroxylation is 1. The van der Waals surface area contributed by atoms with Crippen molar-refractivity contribution in [3.8, 4) is 0 Å². The number of amides is 1. The van der Waals surface area contributed by atoms with Gasteiger partial charge in [0.2, 0.25) is 5.91 Å². The predicted molar refractivity (Wildman–Crippen MR) is 106 cm³/mol. The number of likely N-dealkylation sites (tertiary alicyclic amines) is 1. The summed E-state index contributed by atoms with van der Waals surface area (Å²) in [7, 11) is 0. The van der Waals surface area contributed by atoms with E-state index in [9.17, 15) is 14.4 Å². The molecule has 0 aromatic carbocycles. The molecule has 0 N–H and O–H groups in total. The molecule has 1 aromatic rings. The molecular formula is C19H31N3O4S. The zero-order valence-corrected chi connectivity index (χ0v) is 17.4. The third-order valence-corrected chi connectivity index (χ3v) is 5.99. The maximum absolute atomic E-state index is 12.9. The number of likely N-dealkylation sites (N-methyl/N-ethyl adjacent to an activating group) is 1. The first kappa shape index (κ1) is 21.6. The Labute approximate surface area is 164 Å². The Hall–Kier alpha value is -1.67. The Balaban J connectivity index is 1.99. The molecule has 8 heteroatoms. The maximum atomic E-state index is 12.9. The molecule has 2 heterocycles. The van der Waals surface area contributed by atoms with Crippen LogP contribution in [0.2, 0.25) is 0 Å². The molecule has 1 atom stereocenters. The second kappa shape index (κ2) is 10.6. The van der Waals surface area contributed by atoms with E-state index in [1.165, 1.54) is 0 Å². The van der Waals surface area contributed by atoms with Crippen molar-refractivity contribution in [2.24, 2.45) is 0 Å². The SMILES string of the molecule is CCOC(=O)CCN(CC1CCCN1CC)C(=O)CCn1c(C)csc1=O. The fraction of sp³-hybridized carbons (Fsp3) is 0.737. The first-order chi connectivity index (χ1) is 13.0. The van der Waals surface area contributed by atoms with Crippen LogP contribution in [0.4, 0.5) is 0 Å². The van der Waals surface area contributed by atoms with Gasteiger partial charge in [-0.05, 0) is 39.8 Å². The molecule has 1 saturated heterocycles. The highest BCUT2D eigenvalue weighted by Gasteiger charge is 2.27. The molecule has 1 amide bonds. The van der Waals surface area contributed by atoms with Gasteiger partial charge in [0.25, 0.3) is 0 Å². The van der Waals surface area contributed by atoms with Gasteiger partial charge in [-0.25, -0.2) is 0 Å².